The maximum absolute atomic E-state index is 12.1. The molecule has 0 radical (unpaired) electrons. The lowest BCUT2D eigenvalue weighted by molar-refractivity contribution is -0.141. The molecule has 0 unspecified atom stereocenters. The molecule has 1 aliphatic rings. The molecule has 6 nitrogen and oxygen atoms in total. The molecule has 108 valence electrons. The van der Waals surface area contributed by atoms with Crippen molar-refractivity contribution < 1.29 is 19.8 Å². The number of carboxylic acid groups (broad SMARTS) is 1. The molecule has 0 bridgehead atoms. The number of nitrogens with zero attached hydrogens (tertiary/aromatic N) is 1. The van der Waals surface area contributed by atoms with Gasteiger partial charge in [0.2, 0.25) is 0 Å². The number of urea groups is 1. The number of hydrogen-bond donors (Lipinski definition) is 3. The van der Waals surface area contributed by atoms with E-state index >= 15 is 0 Å². The quantitative estimate of drug-likeness (QED) is 0.775. The van der Waals surface area contributed by atoms with Gasteiger partial charge in [-0.25, -0.2) is 9.59 Å². The number of aliphatic hydroxyl groups is 1. The van der Waals surface area contributed by atoms with E-state index in [4.69, 9.17) is 16.7 Å². The molecule has 0 aromatic heterocycles. The highest BCUT2D eigenvalue weighted by atomic mass is 35.5. The van der Waals surface area contributed by atoms with E-state index in [0.717, 1.165) is 4.90 Å². The molecule has 0 saturated carbocycles. The maximum Gasteiger partial charge on any atom is 0.326 e. The van der Waals surface area contributed by atoms with Crippen molar-refractivity contribution in [1.82, 2.24) is 4.90 Å². The summed E-state index contributed by atoms with van der Waals surface area (Å²) in [7, 11) is 0. The lowest BCUT2D eigenvalue weighted by atomic mass is 10.2. The number of carbonyl (C=O) groups excluding carboxylic acids is 1. The highest BCUT2D eigenvalue weighted by Crippen LogP contribution is 2.25. The summed E-state index contributed by atoms with van der Waals surface area (Å²) in [5, 5.41) is 21.7. The Labute approximate surface area is 121 Å². The first-order chi connectivity index (χ1) is 9.40. The van der Waals surface area contributed by atoms with Crippen molar-refractivity contribution in [1.29, 1.82) is 0 Å². The van der Waals surface area contributed by atoms with Crippen LogP contribution in [-0.4, -0.2) is 45.8 Å². The Kier molecular flexibility index (Phi) is 4.15. The van der Waals surface area contributed by atoms with Gasteiger partial charge in [0.25, 0.3) is 0 Å². The summed E-state index contributed by atoms with van der Waals surface area (Å²) in [6, 6.07) is 3.51. The van der Waals surface area contributed by atoms with Gasteiger partial charge < -0.3 is 20.4 Å². The molecule has 1 aromatic carbocycles. The minimum absolute atomic E-state index is 0.00239. The topological polar surface area (TPSA) is 89.9 Å². The molecule has 3 N–H and O–H groups in total. The molecule has 1 heterocycles. The lowest BCUT2D eigenvalue weighted by Crippen LogP contribution is -2.43. The van der Waals surface area contributed by atoms with Gasteiger partial charge in [-0.3, -0.25) is 0 Å². The van der Waals surface area contributed by atoms with Gasteiger partial charge in [-0.15, -0.1) is 0 Å². The van der Waals surface area contributed by atoms with Gasteiger partial charge in [-0.1, -0.05) is 17.7 Å². The number of hydrogen-bond acceptors (Lipinski definition) is 3. The smallest absolute Gasteiger partial charge is 0.326 e. The number of amides is 2. The van der Waals surface area contributed by atoms with E-state index in [1.165, 1.54) is 0 Å². The van der Waals surface area contributed by atoms with Crippen molar-refractivity contribution in [2.45, 2.75) is 25.5 Å². The standard InChI is InChI=1S/C13H15ClN2O4/c1-7-9(14)3-2-4-10(7)15-13(20)16-6-8(17)5-11(16)12(18)19/h2-4,8,11,17H,5-6H2,1H3,(H,15,20)(H,18,19)/t8-,11-/m0/s1. The molecule has 1 aliphatic heterocycles. The zero-order valence-corrected chi connectivity index (χ0v) is 11.6. The van der Waals surface area contributed by atoms with Crippen molar-refractivity contribution in [3.05, 3.63) is 28.8 Å². The number of benzene rings is 1. The predicted octanol–water partition coefficient (Wildman–Crippen LogP) is 1.70. The molecule has 0 spiro atoms. The molecule has 1 saturated heterocycles. The molecule has 1 fully saturated rings. The zero-order valence-electron chi connectivity index (χ0n) is 10.8. The van der Waals surface area contributed by atoms with E-state index in [2.05, 4.69) is 5.32 Å². The number of carbonyl (C=O) groups is 2. The summed E-state index contributed by atoms with van der Waals surface area (Å²) >= 11 is 5.96. The van der Waals surface area contributed by atoms with Crippen LogP contribution in [-0.2, 0) is 4.79 Å². The first-order valence-electron chi connectivity index (χ1n) is 6.13. The first kappa shape index (κ1) is 14.6. The Hall–Kier alpha value is -1.79. The Bertz CT molecular complexity index is 549. The van der Waals surface area contributed by atoms with Crippen molar-refractivity contribution in [2.75, 3.05) is 11.9 Å². The first-order valence-corrected chi connectivity index (χ1v) is 6.51. The van der Waals surface area contributed by atoms with Gasteiger partial charge in [0.15, 0.2) is 0 Å². The number of rotatable bonds is 2. The molecular formula is C13H15ClN2O4. The van der Waals surface area contributed by atoms with Crippen LogP contribution >= 0.6 is 11.6 Å². The normalized spacial score (nSPS) is 21.9. The molecule has 20 heavy (non-hydrogen) atoms. The van der Waals surface area contributed by atoms with Crippen LogP contribution in [0.25, 0.3) is 0 Å². The monoisotopic (exact) mass is 298 g/mol. The van der Waals surface area contributed by atoms with Crippen molar-refractivity contribution >= 4 is 29.3 Å². The van der Waals surface area contributed by atoms with Crippen molar-refractivity contribution in [3.63, 3.8) is 0 Å². The highest BCUT2D eigenvalue weighted by Gasteiger charge is 2.39. The summed E-state index contributed by atoms with van der Waals surface area (Å²) in [6.45, 7) is 1.76. The average molecular weight is 299 g/mol. The van der Waals surface area contributed by atoms with Gasteiger partial charge in [0, 0.05) is 23.7 Å². The number of carboxylic acids is 1. The van der Waals surface area contributed by atoms with Crippen LogP contribution in [0.1, 0.15) is 12.0 Å². The summed E-state index contributed by atoms with van der Waals surface area (Å²) in [4.78, 5) is 24.3. The van der Waals surface area contributed by atoms with E-state index < -0.39 is 24.1 Å². The fraction of sp³-hybridized carbons (Fsp3) is 0.385. The predicted molar refractivity (Wildman–Crippen MR) is 74.0 cm³/mol. The molecule has 2 atom stereocenters. The lowest BCUT2D eigenvalue weighted by Gasteiger charge is -2.22. The average Bonchev–Trinajstić information content (AvgIpc) is 2.77. The van der Waals surface area contributed by atoms with Crippen molar-refractivity contribution in [2.24, 2.45) is 0 Å². The van der Waals surface area contributed by atoms with Crippen LogP contribution in [0.15, 0.2) is 18.2 Å². The second-order valence-electron chi connectivity index (χ2n) is 4.74. The number of aliphatic hydroxyl groups excluding tert-OH is 1. The molecule has 7 heteroatoms. The van der Waals surface area contributed by atoms with Crippen LogP contribution < -0.4 is 5.32 Å². The number of aliphatic carboxylic acids is 1. The SMILES string of the molecule is Cc1c(Cl)cccc1NC(=O)N1C[C@@H](O)C[C@H]1C(=O)O. The van der Waals surface area contributed by atoms with Gasteiger partial charge >= 0.3 is 12.0 Å². The minimum atomic E-state index is -1.13. The van der Waals surface area contributed by atoms with Gasteiger partial charge in [-0.2, -0.15) is 0 Å². The highest BCUT2D eigenvalue weighted by molar-refractivity contribution is 6.31. The fourth-order valence-corrected chi connectivity index (χ4v) is 2.38. The van der Waals surface area contributed by atoms with E-state index in [1.54, 1.807) is 25.1 Å². The number of nitrogens with one attached hydrogen (secondary N) is 1. The third-order valence-corrected chi connectivity index (χ3v) is 3.74. The molecule has 2 amide bonds. The third kappa shape index (κ3) is 2.86. The Morgan fingerprint density at radius 1 is 1.45 bits per heavy atom. The van der Waals surface area contributed by atoms with E-state index in [1.807, 2.05) is 0 Å². The van der Waals surface area contributed by atoms with Crippen LogP contribution in [0.4, 0.5) is 10.5 Å². The Morgan fingerprint density at radius 2 is 2.15 bits per heavy atom. The zero-order chi connectivity index (χ0) is 14.9. The Morgan fingerprint density at radius 3 is 2.80 bits per heavy atom. The number of likely N-dealkylation sites (tertiary alicyclic amines) is 1. The van der Waals surface area contributed by atoms with Crippen LogP contribution in [0.3, 0.4) is 0 Å². The van der Waals surface area contributed by atoms with E-state index in [-0.39, 0.29) is 13.0 Å². The number of anilines is 1. The van der Waals surface area contributed by atoms with Crippen LogP contribution in [0, 0.1) is 6.92 Å². The van der Waals surface area contributed by atoms with Crippen molar-refractivity contribution in [3.8, 4) is 0 Å². The van der Waals surface area contributed by atoms with Gasteiger partial charge in [0.05, 0.1) is 6.10 Å². The van der Waals surface area contributed by atoms with E-state index in [9.17, 15) is 14.7 Å². The molecule has 0 aliphatic carbocycles. The largest absolute Gasteiger partial charge is 0.480 e. The summed E-state index contributed by atoms with van der Waals surface area (Å²) in [5.41, 5.74) is 1.22. The third-order valence-electron chi connectivity index (χ3n) is 3.33. The second-order valence-corrected chi connectivity index (χ2v) is 5.15. The minimum Gasteiger partial charge on any atom is -0.480 e. The van der Waals surface area contributed by atoms with Gasteiger partial charge in [-0.05, 0) is 24.6 Å². The summed E-state index contributed by atoms with van der Waals surface area (Å²) in [5.74, 6) is -1.13. The molecule has 2 rings (SSSR count). The fourth-order valence-electron chi connectivity index (χ4n) is 2.20. The van der Waals surface area contributed by atoms with Gasteiger partial charge in [0.1, 0.15) is 6.04 Å². The second kappa shape index (κ2) is 5.68. The molecular weight excluding hydrogens is 284 g/mol. The maximum atomic E-state index is 12.1. The van der Waals surface area contributed by atoms with Crippen LogP contribution in [0.2, 0.25) is 5.02 Å². The summed E-state index contributed by atoms with van der Waals surface area (Å²) in [6.07, 6.45) is -0.778. The summed E-state index contributed by atoms with van der Waals surface area (Å²) < 4.78 is 0. The Balaban J connectivity index is 2.15. The molecule has 1 aromatic rings. The van der Waals surface area contributed by atoms with E-state index in [0.29, 0.717) is 16.3 Å². The number of β-amino-alcohol motifs (C(OH)–C–C–N with tert-alkyl or cyclic N) is 1. The number of halogens is 1. The van der Waals surface area contributed by atoms with Crippen LogP contribution in [0.5, 0.6) is 0 Å².